The molecule has 2 aromatic carbocycles. The number of anilines is 1. The van der Waals surface area contributed by atoms with Gasteiger partial charge in [0.1, 0.15) is 11.6 Å². The monoisotopic (exact) mass is 497 g/mol. The Morgan fingerprint density at radius 3 is 2.60 bits per heavy atom. The molecule has 35 heavy (non-hydrogen) atoms. The summed E-state index contributed by atoms with van der Waals surface area (Å²) in [5.41, 5.74) is 0.314. The van der Waals surface area contributed by atoms with E-state index in [-0.39, 0.29) is 25.0 Å². The predicted molar refractivity (Wildman–Crippen MR) is 129 cm³/mol. The highest BCUT2D eigenvalue weighted by atomic mass is 35.5. The molecule has 3 fully saturated rings. The molecule has 3 amide bonds. The van der Waals surface area contributed by atoms with Gasteiger partial charge in [-0.25, -0.2) is 0 Å². The number of aliphatic hydroxyl groups excluding tert-OH is 1. The lowest BCUT2D eigenvalue weighted by atomic mass is 9.70. The van der Waals surface area contributed by atoms with Crippen molar-refractivity contribution in [1.82, 2.24) is 10.2 Å². The highest BCUT2D eigenvalue weighted by Crippen LogP contribution is 2.58. The van der Waals surface area contributed by atoms with Gasteiger partial charge in [-0.3, -0.25) is 14.4 Å². The van der Waals surface area contributed by atoms with Gasteiger partial charge in [0, 0.05) is 19.7 Å². The number of aliphatic hydroxyl groups is 1. The van der Waals surface area contributed by atoms with Crippen LogP contribution in [0.1, 0.15) is 24.8 Å². The van der Waals surface area contributed by atoms with Gasteiger partial charge in [0.05, 0.1) is 28.6 Å². The molecule has 8 nitrogen and oxygen atoms in total. The van der Waals surface area contributed by atoms with Gasteiger partial charge in [0.15, 0.2) is 0 Å². The first-order valence-corrected chi connectivity index (χ1v) is 12.3. The number of likely N-dealkylation sites (tertiary alicyclic amines) is 1. The summed E-state index contributed by atoms with van der Waals surface area (Å²) < 4.78 is 6.37. The number of fused-ring (bicyclic) bond motifs is 1. The van der Waals surface area contributed by atoms with Gasteiger partial charge >= 0.3 is 0 Å². The van der Waals surface area contributed by atoms with Gasteiger partial charge < -0.3 is 25.4 Å². The maximum Gasteiger partial charge on any atom is 0.250 e. The van der Waals surface area contributed by atoms with E-state index in [0.29, 0.717) is 36.5 Å². The van der Waals surface area contributed by atoms with Crippen molar-refractivity contribution in [1.29, 1.82) is 0 Å². The van der Waals surface area contributed by atoms with Crippen molar-refractivity contribution in [3.63, 3.8) is 0 Å². The van der Waals surface area contributed by atoms with Gasteiger partial charge in [-0.1, -0.05) is 54.1 Å². The quantitative estimate of drug-likeness (QED) is 0.519. The molecule has 0 aromatic heterocycles. The van der Waals surface area contributed by atoms with E-state index in [2.05, 4.69) is 10.6 Å². The Kier molecular flexibility index (Phi) is 6.53. The minimum Gasteiger partial charge on any atom is -0.396 e. The van der Waals surface area contributed by atoms with E-state index in [1.54, 1.807) is 24.3 Å². The van der Waals surface area contributed by atoms with E-state index < -0.39 is 35.5 Å². The van der Waals surface area contributed by atoms with Gasteiger partial charge in [-0.05, 0) is 37.0 Å². The fraction of sp³-hybridized carbons (Fsp3) is 0.423. The molecule has 2 bridgehead atoms. The van der Waals surface area contributed by atoms with Crippen LogP contribution in [0.25, 0.3) is 0 Å². The first-order valence-electron chi connectivity index (χ1n) is 11.9. The Morgan fingerprint density at radius 1 is 1.11 bits per heavy atom. The van der Waals surface area contributed by atoms with E-state index in [9.17, 15) is 19.5 Å². The second kappa shape index (κ2) is 9.60. The highest BCUT2D eigenvalue weighted by molar-refractivity contribution is 6.33. The maximum absolute atomic E-state index is 13.7. The van der Waals surface area contributed by atoms with E-state index >= 15 is 0 Å². The number of hydrogen-bond acceptors (Lipinski definition) is 5. The lowest BCUT2D eigenvalue weighted by Gasteiger charge is -2.33. The number of halogens is 1. The van der Waals surface area contributed by atoms with Crippen LogP contribution in [0.15, 0.2) is 54.6 Å². The number of rotatable bonds is 8. The zero-order chi connectivity index (χ0) is 24.6. The van der Waals surface area contributed by atoms with Crippen LogP contribution in [0.5, 0.6) is 0 Å². The van der Waals surface area contributed by atoms with Crippen molar-refractivity contribution in [2.24, 2.45) is 11.8 Å². The van der Waals surface area contributed by atoms with Gasteiger partial charge in [-0.15, -0.1) is 0 Å². The summed E-state index contributed by atoms with van der Waals surface area (Å²) in [4.78, 5) is 42.1. The van der Waals surface area contributed by atoms with E-state index in [4.69, 9.17) is 16.3 Å². The molecular formula is C26H28ClN3O5. The summed E-state index contributed by atoms with van der Waals surface area (Å²) in [6, 6.07) is 15.5. The number of carbonyl (C=O) groups is 3. The molecule has 3 aliphatic rings. The predicted octanol–water partition coefficient (Wildman–Crippen LogP) is 2.35. The molecule has 5 atom stereocenters. The van der Waals surface area contributed by atoms with Crippen molar-refractivity contribution in [2.75, 3.05) is 18.5 Å². The molecular weight excluding hydrogens is 470 g/mol. The van der Waals surface area contributed by atoms with Crippen molar-refractivity contribution in [2.45, 2.75) is 43.6 Å². The first-order chi connectivity index (χ1) is 17.0. The fourth-order valence-corrected chi connectivity index (χ4v) is 6.08. The van der Waals surface area contributed by atoms with Crippen LogP contribution in [-0.4, -0.2) is 58.6 Å². The first kappa shape index (κ1) is 23.8. The molecule has 0 saturated carbocycles. The lowest BCUT2D eigenvalue weighted by Crippen LogP contribution is -2.53. The zero-order valence-corrected chi connectivity index (χ0v) is 19.9. The number of carbonyl (C=O) groups excluding carboxylic acids is 3. The molecule has 1 spiro atoms. The number of nitrogens with one attached hydrogen (secondary N) is 2. The summed E-state index contributed by atoms with van der Waals surface area (Å²) in [6.45, 7) is 0.423. The van der Waals surface area contributed by atoms with Crippen molar-refractivity contribution in [3.05, 3.63) is 65.2 Å². The topological polar surface area (TPSA) is 108 Å². The zero-order valence-electron chi connectivity index (χ0n) is 19.2. The van der Waals surface area contributed by atoms with Crippen LogP contribution >= 0.6 is 11.6 Å². The Morgan fingerprint density at radius 2 is 1.86 bits per heavy atom. The van der Waals surface area contributed by atoms with Crippen LogP contribution < -0.4 is 10.6 Å². The molecule has 3 heterocycles. The fourth-order valence-electron chi connectivity index (χ4n) is 5.90. The molecule has 9 heteroatoms. The Labute approximate surface area is 208 Å². The minimum absolute atomic E-state index is 0.120. The highest BCUT2D eigenvalue weighted by Gasteiger charge is 2.74. The lowest BCUT2D eigenvalue weighted by molar-refractivity contribution is -0.141. The third-order valence-corrected chi connectivity index (χ3v) is 7.68. The maximum atomic E-state index is 13.7. The SMILES string of the molecule is O=C(Nc1ccccc1Cl)C1N(CCCO)C(=O)[C@@H]2[C@H](C(=O)NCc3ccccc3)[C@@H]3CCC12O3. The molecule has 3 aliphatic heterocycles. The second-order valence-corrected chi connectivity index (χ2v) is 9.74. The average molecular weight is 498 g/mol. The number of benzene rings is 2. The third-order valence-electron chi connectivity index (χ3n) is 7.35. The van der Waals surface area contributed by atoms with E-state index in [1.165, 1.54) is 4.90 Å². The Bertz CT molecular complexity index is 1130. The van der Waals surface area contributed by atoms with Crippen LogP contribution in [0, 0.1) is 11.8 Å². The number of ether oxygens (including phenoxy) is 1. The summed E-state index contributed by atoms with van der Waals surface area (Å²) in [5.74, 6) is -2.35. The second-order valence-electron chi connectivity index (χ2n) is 9.34. The molecule has 5 rings (SSSR count). The largest absolute Gasteiger partial charge is 0.396 e. The minimum atomic E-state index is -1.09. The Hall–Kier alpha value is -2.94. The summed E-state index contributed by atoms with van der Waals surface area (Å²) in [6.07, 6.45) is 0.998. The summed E-state index contributed by atoms with van der Waals surface area (Å²) in [5, 5.41) is 15.6. The molecule has 3 saturated heterocycles. The number of hydrogen-bond donors (Lipinski definition) is 3. The van der Waals surface area contributed by atoms with Crippen LogP contribution in [0.2, 0.25) is 5.02 Å². The van der Waals surface area contributed by atoms with Crippen molar-refractivity contribution < 1.29 is 24.2 Å². The molecule has 184 valence electrons. The number of nitrogens with zero attached hydrogens (tertiary/aromatic N) is 1. The Balaban J connectivity index is 1.42. The van der Waals surface area contributed by atoms with Crippen LogP contribution in [-0.2, 0) is 25.7 Å². The molecule has 3 N–H and O–H groups in total. The third kappa shape index (κ3) is 4.09. The molecule has 2 unspecified atom stereocenters. The van der Waals surface area contributed by atoms with Crippen molar-refractivity contribution in [3.8, 4) is 0 Å². The van der Waals surface area contributed by atoms with E-state index in [0.717, 1.165) is 5.56 Å². The van der Waals surface area contributed by atoms with Gasteiger partial charge in [0.25, 0.3) is 0 Å². The molecule has 2 aromatic rings. The van der Waals surface area contributed by atoms with E-state index in [1.807, 2.05) is 30.3 Å². The normalized spacial score (nSPS) is 28.7. The molecule has 0 aliphatic carbocycles. The van der Waals surface area contributed by atoms with Gasteiger partial charge in [-0.2, -0.15) is 0 Å². The smallest absolute Gasteiger partial charge is 0.250 e. The van der Waals surface area contributed by atoms with Crippen LogP contribution in [0.4, 0.5) is 5.69 Å². The van der Waals surface area contributed by atoms with Crippen molar-refractivity contribution >= 4 is 35.0 Å². The summed E-state index contributed by atoms with van der Waals surface area (Å²) in [7, 11) is 0. The number of para-hydroxylation sites is 1. The average Bonchev–Trinajstić information content (AvgIpc) is 3.50. The number of amides is 3. The van der Waals surface area contributed by atoms with Crippen LogP contribution in [0.3, 0.4) is 0 Å². The summed E-state index contributed by atoms with van der Waals surface area (Å²) >= 11 is 6.25. The molecule has 0 radical (unpaired) electrons. The van der Waals surface area contributed by atoms with Gasteiger partial charge in [0.2, 0.25) is 17.7 Å². The standard InChI is InChI=1S/C26H28ClN3O5/c27-17-9-4-5-10-18(17)29-24(33)22-26-12-11-19(35-26)20(21(26)25(34)30(22)13-6-14-31)23(32)28-15-16-7-2-1-3-8-16/h1-5,7-10,19-22,31H,6,11-15H2,(H,28,32)(H,29,33)/t19-,20+,21-,22?,26?/m0/s1.